The van der Waals surface area contributed by atoms with E-state index in [0.29, 0.717) is 18.2 Å². The average molecular weight is 344 g/mol. The second-order valence-electron chi connectivity index (χ2n) is 8.02. The van der Waals surface area contributed by atoms with Crippen LogP contribution in [0.2, 0.25) is 0 Å². The van der Waals surface area contributed by atoms with Crippen LogP contribution in [0, 0.1) is 29.5 Å². The lowest BCUT2D eigenvalue weighted by atomic mass is 9.84. The first-order valence-electron chi connectivity index (χ1n) is 9.37. The lowest BCUT2D eigenvalue weighted by Crippen LogP contribution is -2.43. The molecule has 1 aromatic rings. The van der Waals surface area contributed by atoms with Gasteiger partial charge in [0, 0.05) is 24.7 Å². The topological polar surface area (TPSA) is 49.4 Å². The number of hydrogen-bond acceptors (Lipinski definition) is 2. The predicted octanol–water partition coefficient (Wildman–Crippen LogP) is 3.12. The first-order chi connectivity index (χ1) is 12.0. The first-order valence-corrected chi connectivity index (χ1v) is 9.37. The highest BCUT2D eigenvalue weighted by Gasteiger charge is 2.43. The molecule has 0 spiro atoms. The Balaban J connectivity index is 1.37. The number of benzene rings is 1. The van der Waals surface area contributed by atoms with Gasteiger partial charge >= 0.3 is 0 Å². The van der Waals surface area contributed by atoms with Gasteiger partial charge in [-0.1, -0.05) is 12.5 Å². The minimum Gasteiger partial charge on any atom is -0.353 e. The maximum atomic E-state index is 13.4. The molecule has 25 heavy (non-hydrogen) atoms. The van der Waals surface area contributed by atoms with Gasteiger partial charge in [-0.2, -0.15) is 0 Å². The molecule has 3 aliphatic rings. The van der Waals surface area contributed by atoms with Crippen LogP contribution >= 0.6 is 0 Å². The van der Waals surface area contributed by atoms with Crippen molar-refractivity contribution in [3.05, 3.63) is 30.1 Å². The van der Waals surface area contributed by atoms with E-state index < -0.39 is 0 Å². The van der Waals surface area contributed by atoms with Gasteiger partial charge in [-0.15, -0.1) is 0 Å². The van der Waals surface area contributed by atoms with Crippen LogP contribution < -0.4 is 10.2 Å². The van der Waals surface area contributed by atoms with E-state index >= 15 is 0 Å². The molecule has 2 bridgehead atoms. The molecule has 1 N–H and O–H groups in total. The zero-order valence-corrected chi connectivity index (χ0v) is 14.6. The van der Waals surface area contributed by atoms with Crippen molar-refractivity contribution < 1.29 is 14.0 Å². The van der Waals surface area contributed by atoms with Crippen molar-refractivity contribution in [1.82, 2.24) is 5.32 Å². The van der Waals surface area contributed by atoms with Crippen LogP contribution in [-0.2, 0) is 9.59 Å². The summed E-state index contributed by atoms with van der Waals surface area (Å²) in [5.41, 5.74) is 0.529. The van der Waals surface area contributed by atoms with E-state index in [9.17, 15) is 14.0 Å². The van der Waals surface area contributed by atoms with Crippen molar-refractivity contribution >= 4 is 17.5 Å². The number of carbonyl (C=O) groups excluding carboxylic acids is 2. The van der Waals surface area contributed by atoms with E-state index in [-0.39, 0.29) is 36.0 Å². The third-order valence-corrected chi connectivity index (χ3v) is 6.42. The normalized spacial score (nSPS) is 32.2. The van der Waals surface area contributed by atoms with Crippen molar-refractivity contribution in [3.63, 3.8) is 0 Å². The molecule has 2 amide bonds. The van der Waals surface area contributed by atoms with Gasteiger partial charge in [0.15, 0.2) is 0 Å². The van der Waals surface area contributed by atoms with E-state index in [1.54, 1.807) is 12.1 Å². The molecular formula is C20H25FN2O2. The summed E-state index contributed by atoms with van der Waals surface area (Å²) in [7, 11) is 0. The number of nitrogens with zero attached hydrogens (tertiary/aromatic N) is 1. The highest BCUT2D eigenvalue weighted by Crippen LogP contribution is 2.49. The number of amides is 2. The second-order valence-corrected chi connectivity index (χ2v) is 8.02. The number of carbonyl (C=O) groups is 2. The lowest BCUT2D eigenvalue weighted by Gasteiger charge is -2.29. The van der Waals surface area contributed by atoms with E-state index in [2.05, 4.69) is 12.2 Å². The Bertz CT molecular complexity index is 692. The van der Waals surface area contributed by atoms with Crippen molar-refractivity contribution in [2.24, 2.45) is 23.7 Å². The number of rotatable bonds is 4. The molecule has 1 heterocycles. The van der Waals surface area contributed by atoms with Gasteiger partial charge in [0.25, 0.3) is 0 Å². The Kier molecular flexibility index (Phi) is 4.26. The summed E-state index contributed by atoms with van der Waals surface area (Å²) in [4.78, 5) is 26.4. The average Bonchev–Trinajstić information content (AvgIpc) is 3.29. The molecule has 2 saturated carbocycles. The molecule has 4 rings (SSSR count). The molecule has 2 aliphatic carbocycles. The highest BCUT2D eigenvalue weighted by atomic mass is 19.1. The summed E-state index contributed by atoms with van der Waals surface area (Å²) >= 11 is 0. The predicted molar refractivity (Wildman–Crippen MR) is 93.4 cm³/mol. The minimum absolute atomic E-state index is 0.0393. The molecule has 0 radical (unpaired) electrons. The Morgan fingerprint density at radius 1 is 1.32 bits per heavy atom. The SMILES string of the molecule is C[C@H](NC(=O)[C@@H]1CC(=O)N(c2cccc(F)c2)C1)[C@@H]1C[C@H]2CC[C@H]1C2. The van der Waals surface area contributed by atoms with E-state index in [1.165, 1.54) is 42.7 Å². The number of hydrogen-bond donors (Lipinski definition) is 1. The van der Waals surface area contributed by atoms with E-state index in [1.807, 2.05) is 0 Å². The van der Waals surface area contributed by atoms with Gasteiger partial charge in [0.1, 0.15) is 5.82 Å². The van der Waals surface area contributed by atoms with Gasteiger partial charge in [-0.25, -0.2) is 4.39 Å². The summed E-state index contributed by atoms with van der Waals surface area (Å²) in [5.74, 6) is 1.32. The third kappa shape index (κ3) is 3.16. The second kappa shape index (κ2) is 6.43. The van der Waals surface area contributed by atoms with Crippen molar-refractivity contribution in [2.45, 2.75) is 45.1 Å². The number of anilines is 1. The highest BCUT2D eigenvalue weighted by molar-refractivity contribution is 6.00. The number of halogens is 1. The first kappa shape index (κ1) is 16.6. The van der Waals surface area contributed by atoms with Crippen molar-refractivity contribution in [3.8, 4) is 0 Å². The smallest absolute Gasteiger partial charge is 0.227 e. The van der Waals surface area contributed by atoms with E-state index in [4.69, 9.17) is 0 Å². The molecule has 5 atom stereocenters. The van der Waals surface area contributed by atoms with Gasteiger partial charge in [0.05, 0.1) is 5.92 Å². The lowest BCUT2D eigenvalue weighted by molar-refractivity contribution is -0.127. The fraction of sp³-hybridized carbons (Fsp3) is 0.600. The van der Waals surface area contributed by atoms with Crippen LogP contribution in [0.5, 0.6) is 0 Å². The molecule has 1 aromatic carbocycles. The summed E-state index contributed by atoms with van der Waals surface area (Å²) in [6.45, 7) is 2.43. The zero-order valence-electron chi connectivity index (χ0n) is 14.6. The van der Waals surface area contributed by atoms with Crippen LogP contribution in [0.1, 0.15) is 39.0 Å². The molecule has 0 unspecified atom stereocenters. The summed E-state index contributed by atoms with van der Waals surface area (Å²) in [5, 5.41) is 3.16. The zero-order chi connectivity index (χ0) is 17.6. The largest absolute Gasteiger partial charge is 0.353 e. The van der Waals surface area contributed by atoms with Crippen LogP contribution in [0.4, 0.5) is 10.1 Å². The van der Waals surface area contributed by atoms with Crippen molar-refractivity contribution in [1.29, 1.82) is 0 Å². The van der Waals surface area contributed by atoms with Gasteiger partial charge in [0.2, 0.25) is 11.8 Å². The monoisotopic (exact) mass is 344 g/mol. The van der Waals surface area contributed by atoms with Gasteiger partial charge < -0.3 is 10.2 Å². The molecule has 134 valence electrons. The molecule has 0 aromatic heterocycles. The van der Waals surface area contributed by atoms with Gasteiger partial charge in [-0.3, -0.25) is 9.59 Å². The Morgan fingerprint density at radius 3 is 2.84 bits per heavy atom. The summed E-state index contributed by atoms with van der Waals surface area (Å²) in [6.07, 6.45) is 5.39. The number of fused-ring (bicyclic) bond motifs is 2. The molecule has 5 heteroatoms. The molecule has 3 fully saturated rings. The molecule has 4 nitrogen and oxygen atoms in total. The maximum Gasteiger partial charge on any atom is 0.227 e. The van der Waals surface area contributed by atoms with Crippen molar-refractivity contribution in [2.75, 3.05) is 11.4 Å². The number of nitrogens with one attached hydrogen (secondary N) is 1. The maximum absolute atomic E-state index is 13.4. The standard InChI is InChI=1S/C20H25FN2O2/c1-12(18-8-13-5-6-14(18)7-13)22-20(25)15-9-19(24)23(11-15)17-4-2-3-16(21)10-17/h2-4,10,12-15,18H,5-9,11H2,1H3,(H,22,25)/t12-,13-,14-,15+,18-/m0/s1. The third-order valence-electron chi connectivity index (χ3n) is 6.42. The summed E-state index contributed by atoms with van der Waals surface area (Å²) < 4.78 is 13.4. The Labute approximate surface area is 147 Å². The molecular weight excluding hydrogens is 319 g/mol. The molecule has 1 aliphatic heterocycles. The fourth-order valence-electron chi connectivity index (χ4n) is 5.13. The Morgan fingerprint density at radius 2 is 2.16 bits per heavy atom. The van der Waals surface area contributed by atoms with Crippen LogP contribution in [0.15, 0.2) is 24.3 Å². The summed E-state index contributed by atoms with van der Waals surface area (Å²) in [6, 6.07) is 6.16. The van der Waals surface area contributed by atoms with Crippen LogP contribution in [0.3, 0.4) is 0 Å². The molecule has 1 saturated heterocycles. The van der Waals surface area contributed by atoms with E-state index in [0.717, 1.165) is 11.8 Å². The Hall–Kier alpha value is -1.91. The van der Waals surface area contributed by atoms with Crippen LogP contribution in [-0.4, -0.2) is 24.4 Å². The quantitative estimate of drug-likeness (QED) is 0.912. The minimum atomic E-state index is -0.372. The van der Waals surface area contributed by atoms with Gasteiger partial charge in [-0.05, 0) is 62.1 Å². The van der Waals surface area contributed by atoms with Crippen LogP contribution in [0.25, 0.3) is 0 Å². The fourth-order valence-corrected chi connectivity index (χ4v) is 5.13.